The van der Waals surface area contributed by atoms with Crippen LogP contribution in [0.5, 0.6) is 0 Å². The first-order valence-electron chi connectivity index (χ1n) is 13.2. The number of ether oxygens (including phenoxy) is 2. The molecule has 1 aliphatic rings. The number of aromatic nitrogens is 4. The number of likely N-dealkylation sites (N-methyl/N-ethyl adjacent to an activating group) is 1. The molecule has 2 aromatic heterocycles. The lowest BCUT2D eigenvalue weighted by molar-refractivity contribution is -0.193. The van der Waals surface area contributed by atoms with Crippen LogP contribution in [0.15, 0.2) is 30.6 Å². The van der Waals surface area contributed by atoms with Crippen molar-refractivity contribution in [3.8, 4) is 12.3 Å². The van der Waals surface area contributed by atoms with Crippen molar-refractivity contribution in [1.29, 1.82) is 0 Å². The second-order valence-electron chi connectivity index (χ2n) is 10.4. The van der Waals surface area contributed by atoms with Crippen LogP contribution in [0.2, 0.25) is 5.28 Å². The summed E-state index contributed by atoms with van der Waals surface area (Å²) in [5.74, 6) is -2.68. The van der Waals surface area contributed by atoms with E-state index in [2.05, 4.69) is 26.2 Å². The first kappa shape index (κ1) is 33.3. The molecule has 0 amide bonds. The van der Waals surface area contributed by atoms with Gasteiger partial charge in [-0.05, 0) is 36.3 Å². The van der Waals surface area contributed by atoms with E-state index in [0.717, 1.165) is 10.9 Å². The number of nitrogens with two attached hydrogens (primary N) is 1. The zero-order valence-corrected chi connectivity index (χ0v) is 24.5. The molecule has 4 rings (SSSR count). The molecule has 0 aliphatic carbocycles. The van der Waals surface area contributed by atoms with E-state index in [9.17, 15) is 34.8 Å². The maximum absolute atomic E-state index is 12.4. The van der Waals surface area contributed by atoms with Crippen molar-refractivity contribution in [1.82, 2.24) is 24.4 Å². The van der Waals surface area contributed by atoms with Crippen molar-refractivity contribution in [2.75, 3.05) is 50.9 Å². The van der Waals surface area contributed by atoms with Gasteiger partial charge in [-0.15, -0.1) is 6.42 Å². The van der Waals surface area contributed by atoms with Gasteiger partial charge >= 0.3 is 17.9 Å². The number of aliphatic carboxylic acids is 3. The number of rotatable bonds is 14. The Morgan fingerprint density at radius 2 is 1.91 bits per heavy atom. The molecule has 45 heavy (non-hydrogen) atoms. The lowest BCUT2D eigenvalue weighted by Gasteiger charge is -2.36. The number of aliphatic hydroxyl groups is 2. The number of nitrogen functional groups attached to an aromatic ring is 1. The molecule has 1 aromatic carbocycles. The summed E-state index contributed by atoms with van der Waals surface area (Å²) in [4.78, 5) is 48.9. The van der Waals surface area contributed by atoms with E-state index in [1.54, 1.807) is 24.1 Å². The van der Waals surface area contributed by atoms with Gasteiger partial charge in [-0.25, -0.2) is 14.6 Å². The molecule has 0 saturated carbocycles. The molecule has 0 unspecified atom stereocenters. The summed E-state index contributed by atoms with van der Waals surface area (Å²) in [6, 6.07) is 6.18. The maximum Gasteiger partial charge on any atom is 0.348 e. The normalized spacial score (nSPS) is 21.6. The largest absolute Gasteiger partial charge is 0.480 e. The van der Waals surface area contributed by atoms with Crippen LogP contribution in [-0.2, 0) is 36.0 Å². The van der Waals surface area contributed by atoms with Gasteiger partial charge in [0, 0.05) is 25.2 Å². The Balaban J connectivity index is 1.52. The molecule has 0 spiro atoms. The summed E-state index contributed by atoms with van der Waals surface area (Å²) in [5, 5.41) is 54.8. The summed E-state index contributed by atoms with van der Waals surface area (Å²) in [6.07, 6.45) is 4.45. The fraction of sp³-hybridized carbons (Fsp3) is 0.407. The molecule has 8 N–H and O–H groups in total. The van der Waals surface area contributed by atoms with Crippen LogP contribution in [0.3, 0.4) is 0 Å². The van der Waals surface area contributed by atoms with Crippen LogP contribution in [0.1, 0.15) is 5.56 Å². The van der Waals surface area contributed by atoms with Crippen LogP contribution < -0.4 is 11.1 Å². The molecule has 1 aliphatic heterocycles. The number of carboxylic acid groups (broad SMARTS) is 3. The zero-order chi connectivity index (χ0) is 33.2. The number of imidazole rings is 1. The Kier molecular flexibility index (Phi) is 9.48. The Bertz CT molecular complexity index is 1630. The van der Waals surface area contributed by atoms with E-state index < -0.39 is 60.6 Å². The molecule has 3 aromatic rings. The van der Waals surface area contributed by atoms with Crippen LogP contribution in [0.4, 0.5) is 11.5 Å². The highest BCUT2D eigenvalue weighted by Gasteiger charge is 2.63. The van der Waals surface area contributed by atoms with E-state index in [1.807, 2.05) is 0 Å². The van der Waals surface area contributed by atoms with Crippen LogP contribution in [0, 0.1) is 12.3 Å². The number of hydrogen-bond acceptors (Lipinski definition) is 13. The predicted molar refractivity (Wildman–Crippen MR) is 156 cm³/mol. The molecule has 1 fully saturated rings. The minimum Gasteiger partial charge on any atom is -0.480 e. The number of nitrogens with zero attached hydrogens (tertiary/aromatic N) is 5. The van der Waals surface area contributed by atoms with Gasteiger partial charge in [0.15, 0.2) is 11.5 Å². The molecular formula is C27H30ClN7O10. The smallest absolute Gasteiger partial charge is 0.348 e. The highest BCUT2D eigenvalue weighted by Crippen LogP contribution is 2.41. The summed E-state index contributed by atoms with van der Waals surface area (Å²) >= 11 is 5.91. The van der Waals surface area contributed by atoms with Crippen LogP contribution >= 0.6 is 11.6 Å². The van der Waals surface area contributed by atoms with Gasteiger partial charge in [0.2, 0.25) is 16.6 Å². The van der Waals surface area contributed by atoms with Gasteiger partial charge < -0.3 is 46.1 Å². The minimum atomic E-state index is -2.84. The fourth-order valence-corrected chi connectivity index (χ4v) is 5.04. The maximum atomic E-state index is 12.4. The molecule has 17 nitrogen and oxygen atoms in total. The molecule has 240 valence electrons. The van der Waals surface area contributed by atoms with Gasteiger partial charge in [-0.1, -0.05) is 18.1 Å². The lowest BCUT2D eigenvalue weighted by Crippen LogP contribution is -2.59. The Morgan fingerprint density at radius 3 is 2.51 bits per heavy atom. The highest BCUT2D eigenvalue weighted by molar-refractivity contribution is 6.28. The number of carbonyl (C=O) groups is 3. The Hall–Kier alpha value is -4.57. The molecule has 0 bridgehead atoms. The van der Waals surface area contributed by atoms with Crippen LogP contribution in [0.25, 0.3) is 11.2 Å². The van der Waals surface area contributed by atoms with Crippen molar-refractivity contribution < 1.29 is 49.4 Å². The third kappa shape index (κ3) is 6.33. The van der Waals surface area contributed by atoms with Crippen molar-refractivity contribution in [3.05, 3.63) is 41.4 Å². The molecule has 1 saturated heterocycles. The molecule has 18 heteroatoms. The number of nitrogens with one attached hydrogen (secondary N) is 1. The number of terminal acetylenes is 1. The molecule has 0 radical (unpaired) electrons. The van der Waals surface area contributed by atoms with E-state index in [0.29, 0.717) is 18.8 Å². The standard InChI is InChI=1S/C27H30ClN7O10/c1-3-26(42)17(44-13-27(26,43)35-14-31-19-20(29)32-24(28)33-21(19)35)12-45-25(22(38)39,23(40)41)10-15-4-6-16(7-5-15)30-8-9-34(2)11-18(36)37/h1,4-7,14,17,30,42-43H,8-13H2,2H3,(H,36,37)(H,38,39)(H,40,41)(H2,29,32,33)/t17-,26-,27-/m1/s1. The van der Waals surface area contributed by atoms with Crippen molar-refractivity contribution in [2.24, 2.45) is 0 Å². The van der Waals surface area contributed by atoms with Gasteiger partial charge in [0.1, 0.15) is 11.6 Å². The van der Waals surface area contributed by atoms with E-state index in [1.165, 1.54) is 12.1 Å². The molecular weight excluding hydrogens is 618 g/mol. The number of halogens is 1. The Morgan fingerprint density at radius 1 is 1.24 bits per heavy atom. The van der Waals surface area contributed by atoms with Gasteiger partial charge in [-0.2, -0.15) is 9.97 Å². The molecule has 3 atom stereocenters. The quantitative estimate of drug-likeness (QED) is 0.0633. The van der Waals surface area contributed by atoms with Gasteiger partial charge in [0.25, 0.3) is 5.60 Å². The van der Waals surface area contributed by atoms with Gasteiger partial charge in [0.05, 0.1) is 26.1 Å². The van der Waals surface area contributed by atoms with E-state index in [-0.39, 0.29) is 34.4 Å². The second-order valence-corrected chi connectivity index (χ2v) is 10.7. The number of anilines is 2. The van der Waals surface area contributed by atoms with Crippen molar-refractivity contribution >= 4 is 52.2 Å². The summed E-state index contributed by atoms with van der Waals surface area (Å²) in [7, 11) is 1.65. The number of carboxylic acids is 3. The average Bonchev–Trinajstić information content (AvgIpc) is 3.51. The summed E-state index contributed by atoms with van der Waals surface area (Å²) in [5.41, 5.74) is -1.23. The third-order valence-electron chi connectivity index (χ3n) is 7.38. The van der Waals surface area contributed by atoms with Crippen molar-refractivity contribution in [3.63, 3.8) is 0 Å². The zero-order valence-electron chi connectivity index (χ0n) is 23.8. The van der Waals surface area contributed by atoms with Gasteiger partial charge in [-0.3, -0.25) is 14.3 Å². The summed E-state index contributed by atoms with van der Waals surface area (Å²) < 4.78 is 12.0. The van der Waals surface area contributed by atoms with Crippen molar-refractivity contribution in [2.45, 2.75) is 29.5 Å². The number of fused-ring (bicyclic) bond motifs is 1. The van der Waals surface area contributed by atoms with E-state index >= 15 is 0 Å². The first-order valence-corrected chi connectivity index (χ1v) is 13.6. The second kappa shape index (κ2) is 12.8. The fourth-order valence-electron chi connectivity index (χ4n) is 4.86. The number of benzene rings is 1. The van der Waals surface area contributed by atoms with E-state index in [4.69, 9.17) is 38.3 Å². The minimum absolute atomic E-state index is 0.0365. The molecule has 3 heterocycles. The number of hydrogen-bond donors (Lipinski definition) is 7. The third-order valence-corrected chi connectivity index (χ3v) is 7.55. The Labute approximate surface area is 260 Å². The monoisotopic (exact) mass is 647 g/mol. The topological polar surface area (TPSA) is 256 Å². The predicted octanol–water partition coefficient (Wildman–Crippen LogP) is -0.934. The van der Waals surface area contributed by atoms with Crippen LogP contribution in [-0.4, -0.2) is 125 Å². The lowest BCUT2D eigenvalue weighted by atomic mass is 9.88. The SMILES string of the molecule is C#C[C@@]1(O)[C@@H](COC(Cc2ccc(NCCN(C)CC(=O)O)cc2)(C(=O)O)C(=O)O)OC[C@]1(O)n1cnc2c(N)nc(Cl)nc21. The average molecular weight is 648 g/mol. The highest BCUT2D eigenvalue weighted by atomic mass is 35.5. The summed E-state index contributed by atoms with van der Waals surface area (Å²) in [6.45, 7) is -0.819. The first-order chi connectivity index (χ1) is 21.2.